The average Bonchev–Trinajstić information content (AvgIpc) is 3.36. The van der Waals surface area contributed by atoms with E-state index in [1.165, 1.54) is 11.3 Å². The minimum atomic E-state index is -3.51. The maximum Gasteiger partial charge on any atom is 0.300 e. The van der Waals surface area contributed by atoms with E-state index in [0.29, 0.717) is 29.8 Å². The number of carbonyl (C=O) groups is 1. The molecule has 0 spiro atoms. The minimum absolute atomic E-state index is 0.359. The fourth-order valence-corrected chi connectivity index (χ4v) is 5.83. The van der Waals surface area contributed by atoms with E-state index in [1.54, 1.807) is 41.2 Å². The lowest BCUT2D eigenvalue weighted by Gasteiger charge is -2.21. The summed E-state index contributed by atoms with van der Waals surface area (Å²) in [4.78, 5) is 20.4. The number of H-pyrrole nitrogens is 1. The highest BCUT2D eigenvalue weighted by molar-refractivity contribution is 7.91. The summed E-state index contributed by atoms with van der Waals surface area (Å²) in [6.45, 7) is 3.30. The zero-order valence-electron chi connectivity index (χ0n) is 16.3. The van der Waals surface area contributed by atoms with Gasteiger partial charge in [-0.05, 0) is 24.6 Å². The van der Waals surface area contributed by atoms with Crippen molar-refractivity contribution < 1.29 is 18.3 Å². The molecule has 3 aromatic rings. The van der Waals surface area contributed by atoms with Crippen LogP contribution >= 0.6 is 11.3 Å². The van der Waals surface area contributed by atoms with Gasteiger partial charge in [0.05, 0.1) is 6.20 Å². The van der Waals surface area contributed by atoms with Crippen LogP contribution < -0.4 is 4.90 Å². The molecule has 0 unspecified atom stereocenters. The van der Waals surface area contributed by atoms with Crippen LogP contribution in [0, 0.1) is 0 Å². The van der Waals surface area contributed by atoms with Gasteiger partial charge in [-0.25, -0.2) is 18.4 Å². The first-order valence-corrected chi connectivity index (χ1v) is 11.4. The quantitative estimate of drug-likeness (QED) is 0.616. The van der Waals surface area contributed by atoms with Crippen LogP contribution in [0.15, 0.2) is 47.2 Å². The number of aromatic nitrogens is 4. The molecule has 2 N–H and O–H groups in total. The highest BCUT2D eigenvalue weighted by Crippen LogP contribution is 2.32. The molecule has 0 radical (unpaired) electrons. The topological polar surface area (TPSA) is 132 Å². The second kappa shape index (κ2) is 9.78. The Morgan fingerprint density at radius 2 is 1.90 bits per heavy atom. The van der Waals surface area contributed by atoms with Gasteiger partial charge >= 0.3 is 0 Å². The van der Waals surface area contributed by atoms with Gasteiger partial charge in [-0.2, -0.15) is 9.40 Å². The first-order chi connectivity index (χ1) is 14.4. The Kier molecular flexibility index (Phi) is 7.13. The van der Waals surface area contributed by atoms with E-state index in [1.807, 2.05) is 11.0 Å². The van der Waals surface area contributed by atoms with E-state index >= 15 is 0 Å². The molecule has 1 fully saturated rings. The van der Waals surface area contributed by atoms with Crippen LogP contribution in [-0.2, 0) is 14.8 Å². The van der Waals surface area contributed by atoms with Crippen LogP contribution in [0.2, 0.25) is 0 Å². The Morgan fingerprint density at radius 1 is 1.17 bits per heavy atom. The Bertz CT molecular complexity index is 1050. The fourth-order valence-electron chi connectivity index (χ4n) is 2.92. The van der Waals surface area contributed by atoms with Crippen molar-refractivity contribution in [3.63, 3.8) is 0 Å². The molecule has 0 bridgehead atoms. The number of hydrogen-bond donors (Lipinski definition) is 2. The second-order valence-electron chi connectivity index (χ2n) is 6.42. The van der Waals surface area contributed by atoms with E-state index in [4.69, 9.17) is 9.90 Å². The Balaban J connectivity index is 0.000000589. The molecule has 0 atom stereocenters. The summed E-state index contributed by atoms with van der Waals surface area (Å²) in [5.74, 6) is -0.190. The van der Waals surface area contributed by atoms with Gasteiger partial charge in [-0.15, -0.1) is 11.3 Å². The van der Waals surface area contributed by atoms with Gasteiger partial charge in [-0.1, -0.05) is 0 Å². The van der Waals surface area contributed by atoms with Crippen molar-refractivity contribution in [3.8, 4) is 10.4 Å². The van der Waals surface area contributed by atoms with E-state index in [2.05, 4.69) is 20.2 Å². The number of rotatable bonds is 4. The van der Waals surface area contributed by atoms with Crippen molar-refractivity contribution >= 4 is 33.3 Å². The summed E-state index contributed by atoms with van der Waals surface area (Å²) in [6.07, 6.45) is 7.57. The third-order valence-electron chi connectivity index (χ3n) is 4.25. The monoisotopic (exact) mass is 450 g/mol. The molecule has 1 aliphatic heterocycles. The van der Waals surface area contributed by atoms with Gasteiger partial charge in [0.2, 0.25) is 5.95 Å². The molecule has 10 nitrogen and oxygen atoms in total. The zero-order valence-corrected chi connectivity index (χ0v) is 17.9. The first-order valence-electron chi connectivity index (χ1n) is 9.18. The molecule has 1 aliphatic rings. The lowest BCUT2D eigenvalue weighted by atomic mass is 10.3. The molecule has 3 aromatic heterocycles. The molecule has 0 amide bonds. The van der Waals surface area contributed by atoms with E-state index in [9.17, 15) is 8.42 Å². The number of hydrogen-bond acceptors (Lipinski definition) is 8. The normalized spacial score (nSPS) is 15.2. The lowest BCUT2D eigenvalue weighted by Crippen LogP contribution is -2.35. The summed E-state index contributed by atoms with van der Waals surface area (Å²) in [6, 6.07) is 5.27. The van der Waals surface area contributed by atoms with E-state index in [0.717, 1.165) is 30.3 Å². The van der Waals surface area contributed by atoms with Crippen molar-refractivity contribution in [2.24, 2.45) is 0 Å². The number of nitrogens with one attached hydrogen (secondary N) is 1. The Hall–Kier alpha value is -2.83. The summed E-state index contributed by atoms with van der Waals surface area (Å²) in [5.41, 5.74) is 0.889. The third kappa shape index (κ3) is 5.40. The van der Waals surface area contributed by atoms with Gasteiger partial charge in [0, 0.05) is 62.1 Å². The number of sulfonamides is 1. The summed E-state index contributed by atoms with van der Waals surface area (Å²) >= 11 is 1.27. The highest BCUT2D eigenvalue weighted by Gasteiger charge is 2.29. The third-order valence-corrected chi connectivity index (χ3v) is 7.75. The number of thiophene rings is 1. The van der Waals surface area contributed by atoms with Gasteiger partial charge in [0.25, 0.3) is 16.0 Å². The summed E-state index contributed by atoms with van der Waals surface area (Å²) in [5, 5.41) is 14.1. The molecule has 0 aliphatic carbocycles. The van der Waals surface area contributed by atoms with Crippen LogP contribution in [0.5, 0.6) is 0 Å². The minimum Gasteiger partial charge on any atom is -0.481 e. The standard InChI is InChI=1S/C16H18N6O2S2.C2H4O2/c23-26(24,15-4-3-14(25-15)13-11-19-20-12-13)22-8-2-7-21(9-10-22)16-17-5-1-6-18-16;1-2(3)4/h1,3-6,11-12H,2,7-10H2,(H,19,20);1H3,(H,3,4). The maximum atomic E-state index is 13.0. The fraction of sp³-hybridized carbons (Fsp3) is 0.333. The number of anilines is 1. The Labute approximate surface area is 178 Å². The summed E-state index contributed by atoms with van der Waals surface area (Å²) < 4.78 is 28.0. The molecule has 12 heteroatoms. The Morgan fingerprint density at radius 3 is 2.57 bits per heavy atom. The van der Waals surface area contributed by atoms with Gasteiger partial charge in [0.1, 0.15) is 4.21 Å². The van der Waals surface area contributed by atoms with Gasteiger partial charge in [0.15, 0.2) is 0 Å². The van der Waals surface area contributed by atoms with Gasteiger partial charge < -0.3 is 10.0 Å². The number of nitrogens with zero attached hydrogens (tertiary/aromatic N) is 5. The summed E-state index contributed by atoms with van der Waals surface area (Å²) in [7, 11) is -3.51. The van der Waals surface area contributed by atoms with Crippen molar-refractivity contribution in [2.75, 3.05) is 31.1 Å². The molecule has 4 heterocycles. The molecular formula is C18H22N6O4S2. The van der Waals surface area contributed by atoms with Crippen molar-refractivity contribution in [2.45, 2.75) is 17.6 Å². The molecule has 30 heavy (non-hydrogen) atoms. The molecule has 0 saturated carbocycles. The van der Waals surface area contributed by atoms with Crippen molar-refractivity contribution in [1.29, 1.82) is 0 Å². The molecule has 0 aromatic carbocycles. The van der Waals surface area contributed by atoms with Crippen molar-refractivity contribution in [1.82, 2.24) is 24.5 Å². The molecule has 4 rings (SSSR count). The second-order valence-corrected chi connectivity index (χ2v) is 9.67. The predicted octanol–water partition coefficient (Wildman–Crippen LogP) is 1.92. The van der Waals surface area contributed by atoms with Gasteiger partial charge in [-0.3, -0.25) is 9.89 Å². The van der Waals surface area contributed by atoms with E-state index in [-0.39, 0.29) is 0 Å². The molecule has 160 valence electrons. The number of aliphatic carboxylic acids is 1. The smallest absolute Gasteiger partial charge is 0.300 e. The maximum absolute atomic E-state index is 13.0. The predicted molar refractivity (Wildman–Crippen MR) is 113 cm³/mol. The highest BCUT2D eigenvalue weighted by atomic mass is 32.2. The van der Waals surface area contributed by atoms with Crippen LogP contribution in [0.1, 0.15) is 13.3 Å². The number of carboxylic acids is 1. The molecular weight excluding hydrogens is 428 g/mol. The number of aromatic amines is 1. The number of carboxylic acid groups (broad SMARTS) is 1. The largest absolute Gasteiger partial charge is 0.481 e. The lowest BCUT2D eigenvalue weighted by molar-refractivity contribution is -0.134. The molecule has 1 saturated heterocycles. The first kappa shape index (κ1) is 21.9. The van der Waals surface area contributed by atoms with Crippen LogP contribution in [-0.4, -0.2) is 70.1 Å². The van der Waals surface area contributed by atoms with Crippen LogP contribution in [0.25, 0.3) is 10.4 Å². The van der Waals surface area contributed by atoms with Crippen LogP contribution in [0.4, 0.5) is 5.95 Å². The SMILES string of the molecule is CC(=O)O.O=S(=O)(c1ccc(-c2cn[nH]c2)s1)N1CCCN(c2ncccn2)CC1. The zero-order chi connectivity index (χ0) is 21.6. The van der Waals surface area contributed by atoms with Crippen molar-refractivity contribution in [3.05, 3.63) is 43.0 Å². The van der Waals surface area contributed by atoms with Crippen LogP contribution in [0.3, 0.4) is 0 Å². The average molecular weight is 451 g/mol. The van der Waals surface area contributed by atoms with E-state index < -0.39 is 16.0 Å².